The van der Waals surface area contributed by atoms with Gasteiger partial charge in [0.25, 0.3) is 0 Å². The third kappa shape index (κ3) is 6.24. The van der Waals surface area contributed by atoms with Crippen molar-refractivity contribution in [1.82, 2.24) is 0 Å². The third-order valence-corrected chi connectivity index (χ3v) is 1.97. The lowest BCUT2D eigenvalue weighted by atomic mass is 10.2. The van der Waals surface area contributed by atoms with Crippen molar-refractivity contribution < 1.29 is 0 Å². The first kappa shape index (κ1) is 10.8. The van der Waals surface area contributed by atoms with Gasteiger partial charge in [-0.2, -0.15) is 0 Å². The molecule has 0 spiro atoms. The van der Waals surface area contributed by atoms with Crippen LogP contribution in [0.3, 0.4) is 0 Å². The second kappa shape index (κ2) is 8.31. The summed E-state index contributed by atoms with van der Waals surface area (Å²) in [6.45, 7) is 0. The summed E-state index contributed by atoms with van der Waals surface area (Å²) in [5.74, 6) is 0. The van der Waals surface area contributed by atoms with Crippen molar-refractivity contribution in [1.29, 1.82) is 0 Å². The smallest absolute Gasteiger partial charge is 0.0166 e. The molecule has 0 aromatic carbocycles. The first-order valence-corrected chi connectivity index (χ1v) is 5.27. The van der Waals surface area contributed by atoms with E-state index in [9.17, 15) is 0 Å². The van der Waals surface area contributed by atoms with Gasteiger partial charge in [0, 0.05) is 0 Å². The molecule has 0 aromatic rings. The summed E-state index contributed by atoms with van der Waals surface area (Å²) in [5, 5.41) is 0. The quantitative estimate of drug-likeness (QED) is 0.494. The van der Waals surface area contributed by atoms with Crippen LogP contribution in [0.25, 0.3) is 0 Å². The molecule has 0 aliphatic heterocycles. The van der Waals surface area contributed by atoms with Crippen molar-refractivity contribution in [2.75, 3.05) is 0 Å². The van der Waals surface area contributed by atoms with Crippen molar-refractivity contribution in [2.45, 2.75) is 25.7 Å². The topological polar surface area (TPSA) is 0 Å². The molecule has 0 radical (unpaired) electrons. The van der Waals surface area contributed by atoms with Gasteiger partial charge in [-0.05, 0) is 25.7 Å². The maximum Gasteiger partial charge on any atom is -0.0166 e. The minimum atomic E-state index is 1.04. The molecule has 0 saturated heterocycles. The first-order valence-electron chi connectivity index (χ1n) is 5.27. The van der Waals surface area contributed by atoms with Gasteiger partial charge in [-0.1, -0.05) is 60.8 Å². The minimum Gasteiger partial charge on any atom is -0.0844 e. The maximum absolute atomic E-state index is 2.21. The molecule has 0 heterocycles. The lowest BCUT2D eigenvalue weighted by Gasteiger charge is -1.86. The molecule has 0 saturated carbocycles. The SMILES string of the molecule is C1=CC/C=C/C/C=C/C/C=C/C/C=C\1. The molecule has 0 heteroatoms. The molecule has 1 aliphatic carbocycles. The lowest BCUT2D eigenvalue weighted by molar-refractivity contribution is 1.26. The minimum absolute atomic E-state index is 1.04. The fraction of sp³-hybridized carbons (Fsp3) is 0.286. The van der Waals surface area contributed by atoms with E-state index >= 15 is 0 Å². The van der Waals surface area contributed by atoms with Crippen LogP contribution in [-0.4, -0.2) is 0 Å². The van der Waals surface area contributed by atoms with E-state index in [1.807, 2.05) is 0 Å². The van der Waals surface area contributed by atoms with Crippen molar-refractivity contribution >= 4 is 0 Å². The van der Waals surface area contributed by atoms with Crippen LogP contribution in [-0.2, 0) is 0 Å². The normalized spacial score (nSPS) is 27.4. The van der Waals surface area contributed by atoms with E-state index in [4.69, 9.17) is 0 Å². The molecule has 0 atom stereocenters. The first-order chi connectivity index (χ1) is 7.00. The summed E-state index contributed by atoms with van der Waals surface area (Å²) >= 11 is 0. The second-order valence-electron chi connectivity index (χ2n) is 3.21. The zero-order valence-electron chi connectivity index (χ0n) is 8.60. The monoisotopic (exact) mass is 186 g/mol. The van der Waals surface area contributed by atoms with Crippen LogP contribution in [0.15, 0.2) is 60.8 Å². The number of allylic oxidation sites excluding steroid dienone is 10. The van der Waals surface area contributed by atoms with Gasteiger partial charge >= 0.3 is 0 Å². The molecular formula is C14H18. The molecule has 0 nitrogen and oxygen atoms in total. The Bertz CT molecular complexity index is 234. The molecular weight excluding hydrogens is 168 g/mol. The zero-order chi connectivity index (χ0) is 9.90. The second-order valence-corrected chi connectivity index (χ2v) is 3.21. The number of hydrogen-bond donors (Lipinski definition) is 0. The van der Waals surface area contributed by atoms with Gasteiger partial charge in [-0.25, -0.2) is 0 Å². The Hall–Kier alpha value is -1.30. The Morgan fingerprint density at radius 1 is 0.357 bits per heavy atom. The van der Waals surface area contributed by atoms with Crippen molar-refractivity contribution in [2.24, 2.45) is 0 Å². The van der Waals surface area contributed by atoms with Crippen LogP contribution in [0.1, 0.15) is 25.7 Å². The largest absolute Gasteiger partial charge is 0.0844 e. The maximum atomic E-state index is 2.21. The molecule has 0 N–H and O–H groups in total. The van der Waals surface area contributed by atoms with Crippen LogP contribution in [0.2, 0.25) is 0 Å². The highest BCUT2D eigenvalue weighted by Crippen LogP contribution is 1.96. The van der Waals surface area contributed by atoms with Crippen molar-refractivity contribution in [3.8, 4) is 0 Å². The van der Waals surface area contributed by atoms with E-state index in [2.05, 4.69) is 60.8 Å². The molecule has 1 rings (SSSR count). The average Bonchev–Trinajstić information content (AvgIpc) is 2.22. The van der Waals surface area contributed by atoms with Crippen LogP contribution >= 0.6 is 0 Å². The van der Waals surface area contributed by atoms with E-state index in [1.54, 1.807) is 0 Å². The summed E-state index contributed by atoms with van der Waals surface area (Å²) in [6.07, 6.45) is 26.0. The predicted molar refractivity (Wildman–Crippen MR) is 64.2 cm³/mol. The fourth-order valence-electron chi connectivity index (χ4n) is 1.21. The number of rotatable bonds is 0. The van der Waals surface area contributed by atoms with Gasteiger partial charge in [0.1, 0.15) is 0 Å². The molecule has 1 aliphatic rings. The van der Waals surface area contributed by atoms with Crippen molar-refractivity contribution in [3.63, 3.8) is 0 Å². The van der Waals surface area contributed by atoms with Crippen LogP contribution in [0, 0.1) is 0 Å². The Kier molecular flexibility index (Phi) is 6.39. The highest BCUT2D eigenvalue weighted by molar-refractivity contribution is 5.08. The summed E-state index contributed by atoms with van der Waals surface area (Å²) < 4.78 is 0. The highest BCUT2D eigenvalue weighted by Gasteiger charge is 1.75. The van der Waals surface area contributed by atoms with Crippen molar-refractivity contribution in [3.05, 3.63) is 60.8 Å². The van der Waals surface area contributed by atoms with Gasteiger partial charge in [0.2, 0.25) is 0 Å². The third-order valence-electron chi connectivity index (χ3n) is 1.97. The lowest BCUT2D eigenvalue weighted by Crippen LogP contribution is -1.65. The van der Waals surface area contributed by atoms with E-state index in [0.717, 1.165) is 25.7 Å². The average molecular weight is 186 g/mol. The van der Waals surface area contributed by atoms with Gasteiger partial charge < -0.3 is 0 Å². The summed E-state index contributed by atoms with van der Waals surface area (Å²) in [6, 6.07) is 0. The van der Waals surface area contributed by atoms with Gasteiger partial charge in [-0.3, -0.25) is 0 Å². The Morgan fingerprint density at radius 3 is 1.00 bits per heavy atom. The molecule has 0 bridgehead atoms. The van der Waals surface area contributed by atoms with Gasteiger partial charge in [0.15, 0.2) is 0 Å². The van der Waals surface area contributed by atoms with E-state index < -0.39 is 0 Å². The summed E-state index contributed by atoms with van der Waals surface area (Å²) in [7, 11) is 0. The van der Waals surface area contributed by atoms with Crippen LogP contribution < -0.4 is 0 Å². The Balaban J connectivity index is 2.45. The van der Waals surface area contributed by atoms with E-state index in [1.165, 1.54) is 0 Å². The summed E-state index contributed by atoms with van der Waals surface area (Å²) in [4.78, 5) is 0. The molecule has 0 unspecified atom stereocenters. The number of hydrogen-bond acceptors (Lipinski definition) is 0. The Labute approximate surface area is 87.0 Å². The molecule has 0 aromatic heterocycles. The van der Waals surface area contributed by atoms with Crippen LogP contribution in [0.4, 0.5) is 0 Å². The standard InChI is InChI=1S/C14H18/c1-2-4-6-8-10-12-14-13-11-9-7-5-3-1/h1-4,7-10,13-14H,5-6,11-12H2/b3-1-,4-2?,9-7+,10-8+,14-13+. The van der Waals surface area contributed by atoms with E-state index in [0.29, 0.717) is 0 Å². The molecule has 14 heavy (non-hydrogen) atoms. The predicted octanol–water partition coefficient (Wildman–Crippen LogP) is 4.34. The summed E-state index contributed by atoms with van der Waals surface area (Å²) in [5.41, 5.74) is 0. The van der Waals surface area contributed by atoms with Crippen LogP contribution in [0.5, 0.6) is 0 Å². The highest BCUT2D eigenvalue weighted by atomic mass is 13.8. The van der Waals surface area contributed by atoms with Gasteiger partial charge in [-0.15, -0.1) is 0 Å². The molecule has 74 valence electrons. The van der Waals surface area contributed by atoms with Gasteiger partial charge in [0.05, 0.1) is 0 Å². The Morgan fingerprint density at radius 2 is 0.643 bits per heavy atom. The molecule has 0 amide bonds. The zero-order valence-corrected chi connectivity index (χ0v) is 8.60. The van der Waals surface area contributed by atoms with E-state index in [-0.39, 0.29) is 0 Å². The fourth-order valence-corrected chi connectivity index (χ4v) is 1.21. The molecule has 0 fully saturated rings.